The Morgan fingerprint density at radius 1 is 0.944 bits per heavy atom. The second-order valence-electron chi connectivity index (χ2n) is 14.7. The van der Waals surface area contributed by atoms with Crippen molar-refractivity contribution in [2.75, 3.05) is 50.8 Å². The lowest BCUT2D eigenvalue weighted by Crippen LogP contribution is -2.46. The van der Waals surface area contributed by atoms with Gasteiger partial charge in [-0.3, -0.25) is 9.69 Å². The van der Waals surface area contributed by atoms with E-state index in [4.69, 9.17) is 9.47 Å². The smallest absolute Gasteiger partial charge is 0.255 e. The zero-order chi connectivity index (χ0) is 37.6. The van der Waals surface area contributed by atoms with Crippen LogP contribution in [0, 0.1) is 12.7 Å². The first-order chi connectivity index (χ1) is 26.3. The van der Waals surface area contributed by atoms with Crippen molar-refractivity contribution in [3.63, 3.8) is 0 Å². The number of halogens is 1. The summed E-state index contributed by atoms with van der Waals surface area (Å²) in [7, 11) is 0. The maximum Gasteiger partial charge on any atom is 0.255 e. The molecular formula is C44H48FN3O6. The van der Waals surface area contributed by atoms with Gasteiger partial charge in [-0.2, -0.15) is 0 Å². The van der Waals surface area contributed by atoms with Crippen LogP contribution < -0.4 is 14.4 Å². The van der Waals surface area contributed by atoms with E-state index in [0.29, 0.717) is 37.5 Å². The van der Waals surface area contributed by atoms with Gasteiger partial charge in [-0.15, -0.1) is 0 Å². The molecule has 54 heavy (non-hydrogen) atoms. The number of amides is 1. The molecule has 4 aromatic rings. The van der Waals surface area contributed by atoms with Crippen molar-refractivity contribution in [2.45, 2.75) is 63.5 Å². The molecule has 10 heteroatoms. The summed E-state index contributed by atoms with van der Waals surface area (Å²) < 4.78 is 27.6. The third-order valence-electron chi connectivity index (χ3n) is 11.1. The molecule has 4 aromatic carbocycles. The van der Waals surface area contributed by atoms with Gasteiger partial charge in [0, 0.05) is 73.9 Å². The normalized spacial score (nSPS) is 18.8. The van der Waals surface area contributed by atoms with Crippen molar-refractivity contribution in [2.24, 2.45) is 0 Å². The molecule has 282 valence electrons. The van der Waals surface area contributed by atoms with Crippen LogP contribution in [-0.4, -0.2) is 85.4 Å². The fourth-order valence-corrected chi connectivity index (χ4v) is 8.18. The van der Waals surface area contributed by atoms with E-state index >= 15 is 4.39 Å². The van der Waals surface area contributed by atoms with Crippen LogP contribution in [-0.2, 0) is 16.1 Å². The number of carbonyl (C=O) groups is 3. The first kappa shape index (κ1) is 37.1. The van der Waals surface area contributed by atoms with Gasteiger partial charge in [-0.1, -0.05) is 42.0 Å². The van der Waals surface area contributed by atoms with Crippen molar-refractivity contribution in [1.29, 1.82) is 0 Å². The summed E-state index contributed by atoms with van der Waals surface area (Å²) in [6, 6.07) is 24.1. The SMILES string of the molecule is Cc1cccc([C@H]2COc3cc(O)ccc3[C@H]2c2ccc(OCCCCCN3CCN(c4ccc5c(c4)CN(C(C=O)CCC=O)C5=O)CC3)c(F)c2)c1. The first-order valence-corrected chi connectivity index (χ1v) is 19.1. The van der Waals surface area contributed by atoms with E-state index in [-0.39, 0.29) is 41.5 Å². The van der Waals surface area contributed by atoms with Gasteiger partial charge in [0.05, 0.1) is 19.3 Å². The van der Waals surface area contributed by atoms with Crippen LogP contribution in [0.5, 0.6) is 17.2 Å². The van der Waals surface area contributed by atoms with Crippen molar-refractivity contribution < 1.29 is 33.4 Å². The minimum atomic E-state index is -0.584. The molecule has 1 unspecified atom stereocenters. The van der Waals surface area contributed by atoms with E-state index in [2.05, 4.69) is 41.0 Å². The summed E-state index contributed by atoms with van der Waals surface area (Å²) in [5.41, 5.74) is 6.69. The topological polar surface area (TPSA) is 99.6 Å². The molecule has 3 aliphatic heterocycles. The number of phenols is 1. The Morgan fingerprint density at radius 3 is 2.57 bits per heavy atom. The third-order valence-corrected chi connectivity index (χ3v) is 11.1. The minimum absolute atomic E-state index is 0.0158. The molecule has 0 saturated carbocycles. The molecule has 1 N–H and O–H groups in total. The number of aldehydes is 2. The number of nitrogens with zero attached hydrogens (tertiary/aromatic N) is 3. The predicted molar refractivity (Wildman–Crippen MR) is 205 cm³/mol. The van der Waals surface area contributed by atoms with Crippen LogP contribution in [0.2, 0.25) is 0 Å². The van der Waals surface area contributed by atoms with Crippen LogP contribution in [0.4, 0.5) is 10.1 Å². The number of ether oxygens (including phenoxy) is 2. The highest BCUT2D eigenvalue weighted by Gasteiger charge is 2.35. The fraction of sp³-hybridized carbons (Fsp3) is 0.386. The van der Waals surface area contributed by atoms with Gasteiger partial charge < -0.3 is 34.0 Å². The highest BCUT2D eigenvalue weighted by Crippen LogP contribution is 2.47. The number of aryl methyl sites for hydroxylation is 1. The van der Waals surface area contributed by atoms with E-state index in [0.717, 1.165) is 98.1 Å². The molecular weight excluding hydrogens is 685 g/mol. The molecule has 0 aromatic heterocycles. The quantitative estimate of drug-likeness (QED) is 0.103. The molecule has 3 atom stereocenters. The van der Waals surface area contributed by atoms with Gasteiger partial charge in [0.1, 0.15) is 24.1 Å². The molecule has 1 amide bonds. The molecule has 1 saturated heterocycles. The zero-order valence-electron chi connectivity index (χ0n) is 30.8. The number of hydrogen-bond acceptors (Lipinski definition) is 8. The van der Waals surface area contributed by atoms with Gasteiger partial charge in [0.25, 0.3) is 5.91 Å². The van der Waals surface area contributed by atoms with E-state index in [1.165, 1.54) is 0 Å². The minimum Gasteiger partial charge on any atom is -0.508 e. The predicted octanol–water partition coefficient (Wildman–Crippen LogP) is 7.02. The average Bonchev–Trinajstić information content (AvgIpc) is 3.51. The Morgan fingerprint density at radius 2 is 1.80 bits per heavy atom. The molecule has 0 aliphatic carbocycles. The van der Waals surface area contributed by atoms with Gasteiger partial charge in [0.2, 0.25) is 0 Å². The van der Waals surface area contributed by atoms with Crippen LogP contribution in [0.1, 0.15) is 82.1 Å². The van der Waals surface area contributed by atoms with Crippen molar-refractivity contribution in [3.8, 4) is 17.2 Å². The fourth-order valence-electron chi connectivity index (χ4n) is 8.18. The van der Waals surface area contributed by atoms with E-state index in [1.54, 1.807) is 29.2 Å². The number of rotatable bonds is 15. The summed E-state index contributed by atoms with van der Waals surface area (Å²) >= 11 is 0. The van der Waals surface area contributed by atoms with Crippen molar-refractivity contribution in [3.05, 3.63) is 118 Å². The Kier molecular flexibility index (Phi) is 11.6. The lowest BCUT2D eigenvalue weighted by molar-refractivity contribution is -0.112. The number of carbonyl (C=O) groups excluding carboxylic acids is 3. The number of anilines is 1. The summed E-state index contributed by atoms with van der Waals surface area (Å²) in [4.78, 5) is 41.8. The standard InChI is InChI=1S/C44H48FN3O6/c1-30-7-5-8-31(23-30)39-29-54-42-26-36(51)12-14-38(42)43(39)32-10-15-41(40(45)25-32)53-22-4-2-3-16-46-17-19-47(20-18-46)34-11-13-37-33(24-34)27-48(44(37)52)35(28-50)9-6-21-49/h5,7-8,10-15,21,23-26,28,35,39,43,51H,2-4,6,9,16-20,22,27,29H2,1H3/t35?,39-,43-/m1/s1. The van der Waals surface area contributed by atoms with Gasteiger partial charge >= 0.3 is 0 Å². The van der Waals surface area contributed by atoms with Gasteiger partial charge in [-0.25, -0.2) is 4.39 Å². The van der Waals surface area contributed by atoms with Gasteiger partial charge in [-0.05, 0) is 92.2 Å². The highest BCUT2D eigenvalue weighted by atomic mass is 19.1. The molecule has 3 aliphatic rings. The highest BCUT2D eigenvalue weighted by molar-refractivity contribution is 6.00. The molecule has 0 spiro atoms. The lowest BCUT2D eigenvalue weighted by Gasteiger charge is -2.36. The molecule has 3 heterocycles. The largest absolute Gasteiger partial charge is 0.508 e. The van der Waals surface area contributed by atoms with Crippen LogP contribution in [0.3, 0.4) is 0 Å². The Labute approximate surface area is 316 Å². The summed E-state index contributed by atoms with van der Waals surface area (Å²) in [5.74, 6) is 0.325. The summed E-state index contributed by atoms with van der Waals surface area (Å²) in [5, 5.41) is 10.1. The number of phenolic OH excluding ortho intramolecular Hbond substituents is 1. The number of benzene rings is 4. The van der Waals surface area contributed by atoms with E-state index in [9.17, 15) is 19.5 Å². The van der Waals surface area contributed by atoms with Crippen LogP contribution in [0.25, 0.3) is 0 Å². The number of piperazine rings is 1. The summed E-state index contributed by atoms with van der Waals surface area (Å²) in [6.07, 6.45) is 4.99. The number of aromatic hydroxyl groups is 1. The maximum absolute atomic E-state index is 15.6. The summed E-state index contributed by atoms with van der Waals surface area (Å²) in [6.45, 7) is 7.97. The molecule has 7 rings (SSSR count). The van der Waals surface area contributed by atoms with Crippen LogP contribution >= 0.6 is 0 Å². The number of hydrogen-bond donors (Lipinski definition) is 1. The Hall–Kier alpha value is -5.22. The molecule has 1 fully saturated rings. The Bertz CT molecular complexity index is 1980. The first-order valence-electron chi connectivity index (χ1n) is 19.1. The molecule has 9 nitrogen and oxygen atoms in total. The van der Waals surface area contributed by atoms with Crippen molar-refractivity contribution in [1.82, 2.24) is 9.80 Å². The average molecular weight is 734 g/mol. The second-order valence-corrected chi connectivity index (χ2v) is 14.7. The molecule has 0 radical (unpaired) electrons. The second kappa shape index (κ2) is 16.8. The van der Waals surface area contributed by atoms with Crippen LogP contribution in [0.15, 0.2) is 78.9 Å². The number of fused-ring (bicyclic) bond motifs is 2. The molecule has 0 bridgehead atoms. The van der Waals surface area contributed by atoms with E-state index < -0.39 is 6.04 Å². The monoisotopic (exact) mass is 733 g/mol. The zero-order valence-corrected chi connectivity index (χ0v) is 30.8. The Balaban J connectivity index is 0.867. The van der Waals surface area contributed by atoms with E-state index in [1.807, 2.05) is 30.3 Å². The van der Waals surface area contributed by atoms with Gasteiger partial charge in [0.15, 0.2) is 11.6 Å². The number of unbranched alkanes of at least 4 members (excludes halogenated alkanes) is 2. The third kappa shape index (κ3) is 8.14. The lowest BCUT2D eigenvalue weighted by atomic mass is 9.75. The van der Waals surface area contributed by atoms with Crippen molar-refractivity contribution >= 4 is 24.2 Å². The maximum atomic E-state index is 15.6.